The molecular formula is C6H12FNO2. The molecule has 0 aliphatic carbocycles. The van der Waals surface area contributed by atoms with E-state index in [4.69, 9.17) is 5.11 Å². The predicted octanol–water partition coefficient (Wildman–Crippen LogP) is 0.538. The van der Waals surface area contributed by atoms with Crippen molar-refractivity contribution in [2.24, 2.45) is 0 Å². The maximum absolute atomic E-state index is 11.3. The number of rotatable bonds is 4. The van der Waals surface area contributed by atoms with E-state index in [0.717, 1.165) is 18.4 Å². The van der Waals surface area contributed by atoms with E-state index in [2.05, 4.69) is 0 Å². The van der Waals surface area contributed by atoms with Gasteiger partial charge in [0.05, 0.1) is 0 Å². The molecule has 1 atom stereocenters. The van der Waals surface area contributed by atoms with Crippen LogP contribution >= 0.6 is 0 Å². The summed E-state index contributed by atoms with van der Waals surface area (Å²) in [6.07, 6.45) is 0.752. The number of unbranched alkanes of at least 4 members (excludes halogenated alkanes) is 1. The van der Waals surface area contributed by atoms with Crippen LogP contribution in [0, 0.1) is 0 Å². The molecule has 0 aromatic heterocycles. The van der Waals surface area contributed by atoms with Crippen molar-refractivity contribution < 1.29 is 14.4 Å². The number of nitrogens with one attached hydrogen (secondary N) is 1. The summed E-state index contributed by atoms with van der Waals surface area (Å²) < 4.78 is 11.3. The number of aliphatic hydroxyl groups is 1. The summed E-state index contributed by atoms with van der Waals surface area (Å²) in [4.78, 5) is 10.3. The molecule has 3 nitrogen and oxygen atoms in total. The molecule has 0 aromatic carbocycles. The SMILES string of the molecule is CCCCC(O)C(=O)NF. The zero-order chi connectivity index (χ0) is 7.98. The van der Waals surface area contributed by atoms with E-state index in [-0.39, 0.29) is 0 Å². The van der Waals surface area contributed by atoms with E-state index in [9.17, 15) is 9.28 Å². The second-order valence-corrected chi connectivity index (χ2v) is 2.12. The molecule has 0 radical (unpaired) electrons. The van der Waals surface area contributed by atoms with Gasteiger partial charge in [0.1, 0.15) is 6.10 Å². The number of halogens is 1. The Labute approximate surface area is 59.2 Å². The van der Waals surface area contributed by atoms with Crippen LogP contribution in [-0.2, 0) is 4.79 Å². The molecule has 0 fully saturated rings. The topological polar surface area (TPSA) is 49.3 Å². The highest BCUT2D eigenvalue weighted by Gasteiger charge is 2.12. The summed E-state index contributed by atoms with van der Waals surface area (Å²) in [6, 6.07) is 0. The average molecular weight is 149 g/mol. The molecule has 0 aliphatic heterocycles. The molecule has 1 unspecified atom stereocenters. The molecule has 0 heterocycles. The van der Waals surface area contributed by atoms with Gasteiger partial charge in [0.25, 0.3) is 5.91 Å². The van der Waals surface area contributed by atoms with Crippen LogP contribution in [0.5, 0.6) is 0 Å². The summed E-state index contributed by atoms with van der Waals surface area (Å²) in [7, 11) is 0. The fourth-order valence-corrected chi connectivity index (χ4v) is 0.592. The van der Waals surface area contributed by atoms with E-state index in [1.54, 1.807) is 0 Å². The number of hydrogen-bond acceptors (Lipinski definition) is 2. The molecule has 60 valence electrons. The minimum atomic E-state index is -1.19. The molecule has 2 N–H and O–H groups in total. The van der Waals surface area contributed by atoms with Crippen molar-refractivity contribution in [3.8, 4) is 0 Å². The number of carbonyl (C=O) groups excluding carboxylic acids is 1. The van der Waals surface area contributed by atoms with E-state index in [1.165, 1.54) is 0 Å². The standard InChI is InChI=1S/C6H12FNO2/c1-2-3-4-5(9)6(10)8-7/h5,9H,2-4H2,1H3,(H,8,10). The van der Waals surface area contributed by atoms with Gasteiger partial charge in [-0.05, 0) is 6.42 Å². The Morgan fingerprint density at radius 1 is 1.80 bits per heavy atom. The monoisotopic (exact) mass is 149 g/mol. The quantitative estimate of drug-likeness (QED) is 0.573. The first-order chi connectivity index (χ1) is 4.72. The fraction of sp³-hybridized carbons (Fsp3) is 0.833. The lowest BCUT2D eigenvalue weighted by Gasteiger charge is -2.04. The Bertz CT molecular complexity index is 108. The van der Waals surface area contributed by atoms with Crippen LogP contribution < -0.4 is 5.54 Å². The lowest BCUT2D eigenvalue weighted by atomic mass is 10.1. The predicted molar refractivity (Wildman–Crippen MR) is 34.8 cm³/mol. The van der Waals surface area contributed by atoms with Gasteiger partial charge in [-0.1, -0.05) is 19.8 Å². The largest absolute Gasteiger partial charge is 0.383 e. The van der Waals surface area contributed by atoms with E-state index >= 15 is 0 Å². The fourth-order valence-electron chi connectivity index (χ4n) is 0.592. The summed E-state index contributed by atoms with van der Waals surface area (Å²) >= 11 is 0. The molecule has 0 spiro atoms. The van der Waals surface area contributed by atoms with Crippen molar-refractivity contribution in [1.29, 1.82) is 0 Å². The van der Waals surface area contributed by atoms with E-state index < -0.39 is 12.0 Å². The first kappa shape index (κ1) is 9.36. The Morgan fingerprint density at radius 3 is 2.80 bits per heavy atom. The van der Waals surface area contributed by atoms with Gasteiger partial charge in [-0.3, -0.25) is 4.79 Å². The Balaban J connectivity index is 3.41. The summed E-state index contributed by atoms with van der Waals surface area (Å²) in [6.45, 7) is 1.93. The Hall–Kier alpha value is -0.640. The molecule has 0 saturated heterocycles. The number of carbonyl (C=O) groups is 1. The van der Waals surface area contributed by atoms with Gasteiger partial charge >= 0.3 is 0 Å². The van der Waals surface area contributed by atoms with Crippen LogP contribution in [0.15, 0.2) is 0 Å². The van der Waals surface area contributed by atoms with Gasteiger partial charge in [-0.2, -0.15) is 5.54 Å². The Kier molecular flexibility index (Phi) is 4.84. The van der Waals surface area contributed by atoms with Crippen LogP contribution in [0.1, 0.15) is 26.2 Å². The number of hydrogen-bond donors (Lipinski definition) is 2. The van der Waals surface area contributed by atoms with Crippen molar-refractivity contribution in [3.63, 3.8) is 0 Å². The van der Waals surface area contributed by atoms with Gasteiger partial charge in [0.2, 0.25) is 0 Å². The van der Waals surface area contributed by atoms with Crippen LogP contribution in [0.2, 0.25) is 0 Å². The van der Waals surface area contributed by atoms with Crippen LogP contribution in [0.3, 0.4) is 0 Å². The first-order valence-electron chi connectivity index (χ1n) is 3.31. The molecule has 0 aliphatic rings. The molecule has 4 heteroatoms. The molecule has 10 heavy (non-hydrogen) atoms. The van der Waals surface area contributed by atoms with E-state index in [1.807, 2.05) is 6.92 Å². The highest BCUT2D eigenvalue weighted by atomic mass is 19.2. The smallest absolute Gasteiger partial charge is 0.276 e. The zero-order valence-corrected chi connectivity index (χ0v) is 5.93. The normalized spacial score (nSPS) is 12.7. The summed E-state index contributed by atoms with van der Waals surface area (Å²) in [5.41, 5.74) is 0.885. The third-order valence-electron chi connectivity index (χ3n) is 1.23. The minimum absolute atomic E-state index is 0.326. The average Bonchev–Trinajstić information content (AvgIpc) is 1.98. The van der Waals surface area contributed by atoms with Gasteiger partial charge in [0, 0.05) is 0 Å². The van der Waals surface area contributed by atoms with Gasteiger partial charge < -0.3 is 5.11 Å². The lowest BCUT2D eigenvalue weighted by Crippen LogP contribution is -2.29. The maximum Gasteiger partial charge on any atom is 0.276 e. The molecule has 0 bridgehead atoms. The molecule has 1 amide bonds. The van der Waals surface area contributed by atoms with Gasteiger partial charge in [0.15, 0.2) is 0 Å². The summed E-state index contributed by atoms with van der Waals surface area (Å²) in [5, 5.41) is 8.80. The molecular weight excluding hydrogens is 137 g/mol. The van der Waals surface area contributed by atoms with Crippen molar-refractivity contribution in [1.82, 2.24) is 5.54 Å². The second kappa shape index (κ2) is 5.17. The van der Waals surface area contributed by atoms with Crippen LogP contribution in [0.25, 0.3) is 0 Å². The van der Waals surface area contributed by atoms with E-state index in [0.29, 0.717) is 6.42 Å². The Morgan fingerprint density at radius 2 is 2.40 bits per heavy atom. The lowest BCUT2D eigenvalue weighted by molar-refractivity contribution is -0.134. The van der Waals surface area contributed by atoms with Crippen molar-refractivity contribution in [2.45, 2.75) is 32.3 Å². The van der Waals surface area contributed by atoms with Gasteiger partial charge in [-0.25, -0.2) is 0 Å². The third kappa shape index (κ3) is 3.40. The maximum atomic E-state index is 11.3. The molecule has 0 rings (SSSR count). The second-order valence-electron chi connectivity index (χ2n) is 2.12. The van der Waals surface area contributed by atoms with Crippen LogP contribution in [-0.4, -0.2) is 17.1 Å². The molecule has 0 aromatic rings. The highest BCUT2D eigenvalue weighted by molar-refractivity contribution is 5.79. The van der Waals surface area contributed by atoms with Crippen molar-refractivity contribution >= 4 is 5.91 Å². The minimum Gasteiger partial charge on any atom is -0.383 e. The van der Waals surface area contributed by atoms with Gasteiger partial charge in [-0.15, -0.1) is 4.48 Å². The molecule has 0 saturated carbocycles. The zero-order valence-electron chi connectivity index (χ0n) is 5.93. The van der Waals surface area contributed by atoms with Crippen LogP contribution in [0.4, 0.5) is 4.48 Å². The summed E-state index contributed by atoms with van der Waals surface area (Å²) in [5.74, 6) is -0.951. The highest BCUT2D eigenvalue weighted by Crippen LogP contribution is 1.99. The third-order valence-corrected chi connectivity index (χ3v) is 1.23. The first-order valence-corrected chi connectivity index (χ1v) is 3.31. The van der Waals surface area contributed by atoms with Crippen molar-refractivity contribution in [2.75, 3.05) is 0 Å². The van der Waals surface area contributed by atoms with Crippen molar-refractivity contribution in [3.05, 3.63) is 0 Å². The number of amides is 1. The number of aliphatic hydroxyl groups excluding tert-OH is 1.